The van der Waals surface area contributed by atoms with E-state index in [9.17, 15) is 13.2 Å². The van der Waals surface area contributed by atoms with Crippen molar-refractivity contribution < 1.29 is 27.4 Å². The molecular formula is C27H24N2O6S. The average Bonchev–Trinajstić information content (AvgIpc) is 3.29. The van der Waals surface area contributed by atoms with E-state index >= 15 is 0 Å². The zero-order valence-corrected chi connectivity index (χ0v) is 20.6. The molecule has 3 aromatic carbocycles. The molecule has 4 aromatic rings. The van der Waals surface area contributed by atoms with Crippen molar-refractivity contribution in [3.05, 3.63) is 89.6 Å². The Morgan fingerprint density at radius 3 is 2.31 bits per heavy atom. The van der Waals surface area contributed by atoms with E-state index in [1.165, 1.54) is 36.5 Å². The van der Waals surface area contributed by atoms with Crippen molar-refractivity contribution in [2.24, 2.45) is 0 Å². The summed E-state index contributed by atoms with van der Waals surface area (Å²) < 4.78 is 44.1. The molecule has 0 aliphatic rings. The van der Waals surface area contributed by atoms with Crippen LogP contribution in [0.5, 0.6) is 11.5 Å². The van der Waals surface area contributed by atoms with E-state index in [1.807, 2.05) is 0 Å². The Balaban J connectivity index is 1.60. The molecule has 36 heavy (non-hydrogen) atoms. The summed E-state index contributed by atoms with van der Waals surface area (Å²) in [5.41, 5.74) is 2.63. The van der Waals surface area contributed by atoms with Crippen LogP contribution < -0.4 is 9.47 Å². The molecule has 0 saturated carbocycles. The Morgan fingerprint density at radius 1 is 0.972 bits per heavy atom. The van der Waals surface area contributed by atoms with E-state index < -0.39 is 10.0 Å². The Morgan fingerprint density at radius 2 is 1.67 bits per heavy atom. The number of carbonyl (C=O) groups excluding carboxylic acids is 1. The molecule has 0 unspecified atom stereocenters. The van der Waals surface area contributed by atoms with Gasteiger partial charge in [-0.15, -0.1) is 0 Å². The predicted octanol–water partition coefficient (Wildman–Crippen LogP) is 4.44. The van der Waals surface area contributed by atoms with Crippen molar-refractivity contribution in [1.82, 2.24) is 3.97 Å². The minimum Gasteiger partial charge on any atom is -0.497 e. The Bertz CT molecular complexity index is 1530. The number of methoxy groups -OCH3 is 2. The van der Waals surface area contributed by atoms with Gasteiger partial charge in [0.25, 0.3) is 10.0 Å². The zero-order valence-electron chi connectivity index (χ0n) is 19.8. The first-order valence-corrected chi connectivity index (χ1v) is 12.5. The highest BCUT2D eigenvalue weighted by atomic mass is 32.2. The van der Waals surface area contributed by atoms with Gasteiger partial charge in [0, 0.05) is 18.0 Å². The minimum atomic E-state index is -3.93. The minimum absolute atomic E-state index is 0.0976. The lowest BCUT2D eigenvalue weighted by molar-refractivity contribution is -0.140. The molecule has 1 heterocycles. The molecule has 0 spiro atoms. The molecule has 0 N–H and O–H groups in total. The normalized spacial score (nSPS) is 11.1. The molecule has 0 amide bonds. The summed E-state index contributed by atoms with van der Waals surface area (Å²) >= 11 is 0. The number of aromatic nitrogens is 1. The predicted molar refractivity (Wildman–Crippen MR) is 133 cm³/mol. The first-order valence-electron chi connectivity index (χ1n) is 11.1. The Labute approximate surface area is 209 Å². The molecule has 0 fully saturated rings. The van der Waals surface area contributed by atoms with Gasteiger partial charge in [-0.2, -0.15) is 5.26 Å². The van der Waals surface area contributed by atoms with E-state index in [4.69, 9.17) is 19.5 Å². The number of fused-ring (bicyclic) bond motifs is 1. The summed E-state index contributed by atoms with van der Waals surface area (Å²) in [7, 11) is -1.07. The SMILES string of the molecule is COC(=O)CCc1cn(S(=O)(=O)c2ccc(OCc3ccc(C#N)cc3)cc2)c2ccc(OC)cc12. The zero-order chi connectivity index (χ0) is 25.7. The fraction of sp³-hybridized carbons (Fsp3) is 0.185. The van der Waals surface area contributed by atoms with E-state index in [0.717, 1.165) is 5.56 Å². The smallest absolute Gasteiger partial charge is 0.305 e. The standard InChI is InChI=1S/C27H24N2O6S/c1-33-23-10-13-26-25(15-23)21(7-14-27(30)34-2)17-29(26)36(31,32)24-11-8-22(9-12-24)35-18-20-5-3-19(16-28)4-6-20/h3-6,8-13,15,17H,7,14,18H2,1-2H3. The number of hydrogen-bond acceptors (Lipinski definition) is 7. The maximum atomic E-state index is 13.5. The first-order chi connectivity index (χ1) is 17.3. The highest BCUT2D eigenvalue weighted by molar-refractivity contribution is 7.90. The van der Waals surface area contributed by atoms with Crippen molar-refractivity contribution in [2.75, 3.05) is 14.2 Å². The molecule has 8 nitrogen and oxygen atoms in total. The molecular weight excluding hydrogens is 480 g/mol. The number of benzene rings is 3. The van der Waals surface area contributed by atoms with Crippen molar-refractivity contribution in [3.63, 3.8) is 0 Å². The van der Waals surface area contributed by atoms with Crippen molar-refractivity contribution in [1.29, 1.82) is 5.26 Å². The van der Waals surface area contributed by atoms with E-state index in [2.05, 4.69) is 6.07 Å². The average molecular weight is 505 g/mol. The second-order valence-corrected chi connectivity index (χ2v) is 9.80. The van der Waals surface area contributed by atoms with Crippen LogP contribution in [-0.2, 0) is 32.6 Å². The van der Waals surface area contributed by atoms with E-state index in [-0.39, 0.29) is 23.9 Å². The summed E-state index contributed by atoms with van der Waals surface area (Å²) in [6.45, 7) is 0.283. The molecule has 0 radical (unpaired) electrons. The van der Waals surface area contributed by atoms with E-state index in [0.29, 0.717) is 39.9 Å². The third-order valence-electron chi connectivity index (χ3n) is 5.76. The largest absolute Gasteiger partial charge is 0.497 e. The lowest BCUT2D eigenvalue weighted by atomic mass is 10.1. The third kappa shape index (κ3) is 5.19. The second kappa shape index (κ2) is 10.5. The number of rotatable bonds is 9. The molecule has 0 aliphatic heterocycles. The number of esters is 1. The lowest BCUT2D eigenvalue weighted by Gasteiger charge is -2.10. The number of nitriles is 1. The lowest BCUT2D eigenvalue weighted by Crippen LogP contribution is -2.12. The van der Waals surface area contributed by atoms with Crippen LogP contribution in [0.1, 0.15) is 23.1 Å². The monoisotopic (exact) mass is 504 g/mol. The van der Waals surface area contributed by atoms with E-state index in [1.54, 1.807) is 54.6 Å². The fourth-order valence-electron chi connectivity index (χ4n) is 3.77. The van der Waals surface area contributed by atoms with Crippen LogP contribution in [0.25, 0.3) is 10.9 Å². The number of hydrogen-bond donors (Lipinski definition) is 0. The number of carbonyl (C=O) groups is 1. The van der Waals surface area contributed by atoms with Gasteiger partial charge in [0.1, 0.15) is 18.1 Å². The quantitative estimate of drug-likeness (QED) is 0.310. The topological polar surface area (TPSA) is 108 Å². The summed E-state index contributed by atoms with van der Waals surface area (Å²) in [6.07, 6.45) is 1.98. The van der Waals surface area contributed by atoms with Crippen LogP contribution in [-0.4, -0.2) is 32.6 Å². The molecule has 184 valence electrons. The summed E-state index contributed by atoms with van der Waals surface area (Å²) in [5, 5.41) is 9.58. The maximum Gasteiger partial charge on any atom is 0.305 e. The van der Waals surface area contributed by atoms with Gasteiger partial charge in [0.15, 0.2) is 0 Å². The van der Waals surface area contributed by atoms with Crippen LogP contribution in [0.3, 0.4) is 0 Å². The van der Waals surface area contributed by atoms with Gasteiger partial charge in [0.2, 0.25) is 0 Å². The van der Waals surface area contributed by atoms with Crippen LogP contribution in [0.4, 0.5) is 0 Å². The Hall–Kier alpha value is -4.29. The molecule has 9 heteroatoms. The van der Waals surface area contributed by atoms with Crippen molar-refractivity contribution >= 4 is 26.9 Å². The van der Waals surface area contributed by atoms with Crippen LogP contribution in [0.2, 0.25) is 0 Å². The summed E-state index contributed by atoms with van der Waals surface area (Å²) in [6, 6.07) is 20.4. The highest BCUT2D eigenvalue weighted by Crippen LogP contribution is 2.30. The molecule has 0 bridgehead atoms. The molecule has 0 atom stereocenters. The van der Waals surface area contributed by atoms with Crippen LogP contribution in [0.15, 0.2) is 77.8 Å². The first kappa shape index (κ1) is 24.8. The van der Waals surface area contributed by atoms with Crippen molar-refractivity contribution in [2.45, 2.75) is 24.3 Å². The summed E-state index contributed by atoms with van der Waals surface area (Å²) in [4.78, 5) is 11.8. The van der Waals surface area contributed by atoms with Gasteiger partial charge >= 0.3 is 5.97 Å². The van der Waals surface area contributed by atoms with Gasteiger partial charge in [-0.1, -0.05) is 12.1 Å². The van der Waals surface area contributed by atoms with Crippen molar-refractivity contribution in [3.8, 4) is 17.6 Å². The van der Waals surface area contributed by atoms with Gasteiger partial charge in [-0.25, -0.2) is 12.4 Å². The number of ether oxygens (including phenoxy) is 3. The fourth-order valence-corrected chi connectivity index (χ4v) is 5.16. The number of nitrogens with zero attached hydrogens (tertiary/aromatic N) is 2. The third-order valence-corrected chi connectivity index (χ3v) is 7.44. The van der Waals surface area contributed by atoms with Gasteiger partial charge in [0.05, 0.1) is 36.3 Å². The highest BCUT2D eigenvalue weighted by Gasteiger charge is 2.22. The number of aryl methyl sites for hydroxylation is 1. The molecule has 4 rings (SSSR count). The molecule has 1 aromatic heterocycles. The van der Waals surface area contributed by atoms with Gasteiger partial charge in [-0.3, -0.25) is 4.79 Å². The Kier molecular flexibility index (Phi) is 7.27. The molecule has 0 saturated heterocycles. The molecule has 0 aliphatic carbocycles. The van der Waals surface area contributed by atoms with Gasteiger partial charge in [-0.05, 0) is 72.1 Å². The second-order valence-electron chi connectivity index (χ2n) is 7.98. The van der Waals surface area contributed by atoms with Gasteiger partial charge < -0.3 is 14.2 Å². The summed E-state index contributed by atoms with van der Waals surface area (Å²) in [5.74, 6) is 0.721. The maximum absolute atomic E-state index is 13.5. The van der Waals surface area contributed by atoms with Crippen LogP contribution in [0, 0.1) is 11.3 Å². The van der Waals surface area contributed by atoms with Crippen LogP contribution >= 0.6 is 0 Å².